The fourth-order valence-corrected chi connectivity index (χ4v) is 9.90. The Morgan fingerprint density at radius 1 is 0.631 bits per heavy atom. The highest BCUT2D eigenvalue weighted by atomic mass is 79.9. The molecule has 0 bridgehead atoms. The second kappa shape index (κ2) is 21.8. The van der Waals surface area contributed by atoms with Gasteiger partial charge in [0.05, 0.1) is 0 Å². The highest BCUT2D eigenvalue weighted by Crippen LogP contribution is 2.34. The van der Waals surface area contributed by atoms with E-state index in [4.69, 9.17) is 9.90 Å². The van der Waals surface area contributed by atoms with Crippen LogP contribution in [0.2, 0.25) is 0 Å². The Morgan fingerprint density at radius 3 is 1.60 bits per heavy atom. The smallest absolute Gasteiger partial charge is 0.290 e. The molecule has 6 heterocycles. The maximum absolute atomic E-state index is 12.9. The first-order valence-corrected chi connectivity index (χ1v) is 23.0. The van der Waals surface area contributed by atoms with Gasteiger partial charge in [-0.15, -0.1) is 0 Å². The summed E-state index contributed by atoms with van der Waals surface area (Å²) in [4.78, 5) is 88.3. The van der Waals surface area contributed by atoms with Gasteiger partial charge in [0.25, 0.3) is 18.3 Å². The Kier molecular flexibility index (Phi) is 15.7. The molecule has 0 radical (unpaired) electrons. The summed E-state index contributed by atoms with van der Waals surface area (Å²) >= 11 is 3.37. The summed E-state index contributed by atoms with van der Waals surface area (Å²) in [5, 5.41) is 11.5. The maximum atomic E-state index is 12.9. The minimum Gasteiger partial charge on any atom is -0.483 e. The molecule has 6 aliphatic heterocycles. The topological polar surface area (TPSA) is 177 Å². The van der Waals surface area contributed by atoms with Crippen LogP contribution >= 0.6 is 15.9 Å². The van der Waals surface area contributed by atoms with Crippen LogP contribution in [0.1, 0.15) is 99.9 Å². The van der Waals surface area contributed by atoms with E-state index in [9.17, 15) is 28.8 Å². The third-order valence-corrected chi connectivity index (χ3v) is 13.3. The zero-order valence-electron chi connectivity index (χ0n) is 36.5. The van der Waals surface area contributed by atoms with E-state index in [1.54, 1.807) is 15.9 Å². The van der Waals surface area contributed by atoms with Crippen LogP contribution in [0.3, 0.4) is 0 Å². The number of amides is 6. The Balaban J connectivity index is 0.000000153. The van der Waals surface area contributed by atoms with Crippen LogP contribution in [-0.4, -0.2) is 105 Å². The molecule has 0 spiro atoms. The minimum atomic E-state index is -0.557. The molecule has 6 aliphatic rings. The molecule has 340 valence electrons. The number of hydrogen-bond acceptors (Lipinski definition) is 9. The molecule has 6 amide bonds. The number of fused-ring (bicyclic) bond motifs is 2. The van der Waals surface area contributed by atoms with E-state index in [-0.39, 0.29) is 54.8 Å². The first kappa shape index (κ1) is 46.9. The number of carboxylic acid groups (broad SMARTS) is 1. The summed E-state index contributed by atoms with van der Waals surface area (Å²) in [6.07, 6.45) is 3.82. The van der Waals surface area contributed by atoms with Gasteiger partial charge >= 0.3 is 0 Å². The van der Waals surface area contributed by atoms with Crippen molar-refractivity contribution in [2.45, 2.75) is 89.6 Å². The van der Waals surface area contributed by atoms with Gasteiger partial charge in [-0.25, -0.2) is 0 Å². The van der Waals surface area contributed by atoms with Gasteiger partial charge in [0.15, 0.2) is 0 Å². The molecule has 4 atom stereocenters. The Hall–Kier alpha value is -6.03. The lowest BCUT2D eigenvalue weighted by molar-refractivity contribution is -0.138. The van der Waals surface area contributed by atoms with Crippen molar-refractivity contribution in [3.63, 3.8) is 0 Å². The van der Waals surface area contributed by atoms with Crippen molar-refractivity contribution in [1.82, 2.24) is 30.2 Å². The van der Waals surface area contributed by atoms with Gasteiger partial charge in [0.1, 0.15) is 12.1 Å². The van der Waals surface area contributed by atoms with E-state index in [0.29, 0.717) is 43.0 Å². The summed E-state index contributed by atoms with van der Waals surface area (Å²) in [6, 6.07) is 31.8. The fraction of sp³-hybridized carbons (Fsp3) is 0.380. The summed E-state index contributed by atoms with van der Waals surface area (Å²) < 4.78 is 0.907. The number of piperidine rings is 2. The van der Waals surface area contributed by atoms with Gasteiger partial charge in [-0.3, -0.25) is 54.0 Å². The molecule has 4 saturated heterocycles. The largest absolute Gasteiger partial charge is 0.483 e. The number of carbonyl (C=O) groups excluding carboxylic acids is 6. The Labute approximate surface area is 387 Å². The molecule has 0 aliphatic carbocycles. The summed E-state index contributed by atoms with van der Waals surface area (Å²) in [5.74, 6) is -0.170. The van der Waals surface area contributed by atoms with Gasteiger partial charge in [-0.2, -0.15) is 0 Å². The number of nitrogens with one attached hydrogen (secondary N) is 2. The van der Waals surface area contributed by atoms with Crippen molar-refractivity contribution in [3.8, 4) is 0 Å². The first-order valence-electron chi connectivity index (χ1n) is 22.2. The molecule has 0 saturated carbocycles. The standard InChI is InChI=1S/C24H25N3O3.C13H11BrN2O3.C12H17N.CH2O2/c28-22-9-8-21(23(29)25-22)27-15-19-12-17(6-7-20(19)24(27)30)18-10-11-26(14-18)13-16-4-2-1-3-5-16;14-8-1-2-9-7(5-8)6-16(13(9)19)10-3-4-11(17)15-12(10)18;1-11-7-8-13(9-11)10-12-5-3-2-4-6-12;2-1-3/h1-7,12,18,21H,8-11,13-15H2,(H,25,28,29);1-2,5,10H,3-4,6H2,(H,15,17,18);2-6,11H,7-10H2,1H3;1H,(H,2,3). The predicted molar refractivity (Wildman–Crippen MR) is 246 cm³/mol. The summed E-state index contributed by atoms with van der Waals surface area (Å²) in [5.41, 5.74) is 7.25. The maximum Gasteiger partial charge on any atom is 0.290 e. The number of hydrogen-bond donors (Lipinski definition) is 3. The number of benzene rings is 4. The third-order valence-electron chi connectivity index (χ3n) is 12.8. The van der Waals surface area contributed by atoms with Crippen molar-refractivity contribution in [3.05, 3.63) is 140 Å². The summed E-state index contributed by atoms with van der Waals surface area (Å²) in [7, 11) is 0. The number of carbonyl (C=O) groups is 7. The summed E-state index contributed by atoms with van der Waals surface area (Å²) in [6.45, 7) is 9.66. The SMILES string of the molecule is CC1CCN(Cc2ccccc2)C1.O=C1CCC(N2Cc3cc(Br)ccc3C2=O)C(=O)N1.O=C1CCC(N2Cc3cc(C4CCN(Cc5ccccc5)C4)ccc3C2=O)C(=O)N1.O=CO. The van der Waals surface area contributed by atoms with Gasteiger partial charge < -0.3 is 14.9 Å². The van der Waals surface area contributed by atoms with Crippen molar-refractivity contribution in [2.75, 3.05) is 26.2 Å². The van der Waals surface area contributed by atoms with Crippen LogP contribution in [0, 0.1) is 5.92 Å². The molecule has 4 unspecified atom stereocenters. The quantitative estimate of drug-likeness (QED) is 0.150. The van der Waals surface area contributed by atoms with Crippen LogP contribution < -0.4 is 10.6 Å². The molecule has 0 aromatic heterocycles. The number of imide groups is 2. The molecular weight excluding hydrogens is 892 g/mol. The Morgan fingerprint density at radius 2 is 1.11 bits per heavy atom. The zero-order chi connectivity index (χ0) is 46.0. The normalized spacial score (nSPS) is 22.7. The second-order valence-corrected chi connectivity index (χ2v) is 18.4. The zero-order valence-corrected chi connectivity index (χ0v) is 38.1. The van der Waals surface area contributed by atoms with Crippen molar-refractivity contribution < 1.29 is 38.7 Å². The molecule has 3 N–H and O–H groups in total. The number of likely N-dealkylation sites (tertiary alicyclic amines) is 2. The van der Waals surface area contributed by atoms with Gasteiger partial charge in [0.2, 0.25) is 23.6 Å². The molecular formula is C50H55BrN6O8. The fourth-order valence-electron chi connectivity index (χ4n) is 9.49. The van der Waals surface area contributed by atoms with Crippen LogP contribution in [0.4, 0.5) is 0 Å². The average Bonchev–Trinajstić information content (AvgIpc) is 4.08. The predicted octanol–water partition coefficient (Wildman–Crippen LogP) is 5.88. The molecule has 10 rings (SSSR count). The van der Waals surface area contributed by atoms with E-state index in [2.05, 4.69) is 110 Å². The number of nitrogens with zero attached hydrogens (tertiary/aromatic N) is 4. The van der Waals surface area contributed by atoms with E-state index >= 15 is 0 Å². The molecule has 65 heavy (non-hydrogen) atoms. The van der Waals surface area contributed by atoms with Crippen LogP contribution in [0.5, 0.6) is 0 Å². The van der Waals surface area contributed by atoms with Crippen LogP contribution in [0.15, 0.2) is 102 Å². The van der Waals surface area contributed by atoms with Crippen molar-refractivity contribution >= 4 is 57.8 Å². The van der Waals surface area contributed by atoms with E-state index in [1.807, 2.05) is 24.3 Å². The molecule has 15 heteroatoms. The molecule has 4 aromatic rings. The lowest BCUT2D eigenvalue weighted by Crippen LogP contribution is -2.52. The van der Waals surface area contributed by atoms with Crippen LogP contribution in [0.25, 0.3) is 0 Å². The third kappa shape index (κ3) is 11.8. The Bertz CT molecular complexity index is 2400. The van der Waals surface area contributed by atoms with Gasteiger partial charge in [0, 0.05) is 67.7 Å². The van der Waals surface area contributed by atoms with Crippen LogP contribution in [-0.2, 0) is 50.2 Å². The lowest BCUT2D eigenvalue weighted by Gasteiger charge is -2.29. The number of halogens is 1. The van der Waals surface area contributed by atoms with E-state index < -0.39 is 12.1 Å². The van der Waals surface area contributed by atoms with Gasteiger partial charge in [-0.05, 0) is 103 Å². The van der Waals surface area contributed by atoms with E-state index in [1.165, 1.54) is 36.2 Å². The van der Waals surface area contributed by atoms with E-state index in [0.717, 1.165) is 54.1 Å². The van der Waals surface area contributed by atoms with Gasteiger partial charge in [-0.1, -0.05) is 95.7 Å². The van der Waals surface area contributed by atoms with Crippen molar-refractivity contribution in [2.24, 2.45) is 5.92 Å². The molecule has 14 nitrogen and oxygen atoms in total. The second-order valence-electron chi connectivity index (χ2n) is 17.4. The minimum absolute atomic E-state index is 0.108. The molecule has 4 aromatic carbocycles. The van der Waals surface area contributed by atoms with Crippen molar-refractivity contribution in [1.29, 1.82) is 0 Å². The molecule has 4 fully saturated rings. The first-order chi connectivity index (χ1) is 31.4. The monoisotopic (exact) mass is 946 g/mol. The highest BCUT2D eigenvalue weighted by Gasteiger charge is 2.40. The lowest BCUT2D eigenvalue weighted by atomic mass is 9.95. The average molecular weight is 948 g/mol. The number of rotatable bonds is 7. The highest BCUT2D eigenvalue weighted by molar-refractivity contribution is 9.10.